The van der Waals surface area contributed by atoms with Crippen LogP contribution in [0.2, 0.25) is 0 Å². The summed E-state index contributed by atoms with van der Waals surface area (Å²) >= 11 is 3.99. The molecule has 16 heavy (non-hydrogen) atoms. The van der Waals surface area contributed by atoms with E-state index in [0.717, 1.165) is 6.07 Å². The van der Waals surface area contributed by atoms with Crippen LogP contribution < -0.4 is 0 Å². The van der Waals surface area contributed by atoms with Crippen LogP contribution in [-0.2, 0) is 6.18 Å². The largest absolute Gasteiger partial charge is 0.417 e. The predicted octanol–water partition coefficient (Wildman–Crippen LogP) is 3.38. The molecule has 1 aromatic carbocycles. The van der Waals surface area contributed by atoms with Crippen molar-refractivity contribution in [1.82, 2.24) is 9.97 Å². The fraction of sp³-hybridized carbons (Fsp3) is 0.100. The predicted molar refractivity (Wildman–Crippen MR) is 56.3 cm³/mol. The van der Waals surface area contributed by atoms with E-state index in [4.69, 9.17) is 0 Å². The van der Waals surface area contributed by atoms with Crippen molar-refractivity contribution in [2.24, 2.45) is 0 Å². The van der Waals surface area contributed by atoms with Gasteiger partial charge in [0.25, 0.3) is 0 Å². The highest BCUT2D eigenvalue weighted by Gasteiger charge is 2.33. The summed E-state index contributed by atoms with van der Waals surface area (Å²) in [6.45, 7) is 0. The highest BCUT2D eigenvalue weighted by Crippen LogP contribution is 2.37. The second-order valence-corrected chi connectivity index (χ2v) is 3.57. The molecule has 1 aromatic heterocycles. The lowest BCUT2D eigenvalue weighted by Crippen LogP contribution is -2.07. The molecule has 0 radical (unpaired) electrons. The number of nitrogens with zero attached hydrogens (tertiary/aromatic N) is 1. The normalized spacial score (nSPS) is 11.8. The van der Waals surface area contributed by atoms with Gasteiger partial charge in [0.2, 0.25) is 0 Å². The Labute approximate surface area is 94.9 Å². The van der Waals surface area contributed by atoms with Gasteiger partial charge in [-0.3, -0.25) is 0 Å². The zero-order valence-corrected chi connectivity index (χ0v) is 8.81. The van der Waals surface area contributed by atoms with Crippen molar-refractivity contribution in [2.45, 2.75) is 11.2 Å². The molecule has 0 spiro atoms. The third-order valence-electron chi connectivity index (χ3n) is 2.12. The Bertz CT molecular complexity index is 505. The smallest absolute Gasteiger partial charge is 0.344 e. The summed E-state index contributed by atoms with van der Waals surface area (Å²) in [6, 6.07) is 5.30. The van der Waals surface area contributed by atoms with Crippen LogP contribution in [0.4, 0.5) is 13.2 Å². The van der Waals surface area contributed by atoms with Crippen molar-refractivity contribution in [2.75, 3.05) is 0 Å². The number of aromatic nitrogens is 2. The van der Waals surface area contributed by atoms with Crippen molar-refractivity contribution >= 4 is 12.6 Å². The van der Waals surface area contributed by atoms with E-state index >= 15 is 0 Å². The Hall–Kier alpha value is -1.43. The number of alkyl halides is 3. The number of aromatic amines is 1. The molecule has 0 aliphatic heterocycles. The quantitative estimate of drug-likeness (QED) is 0.740. The van der Waals surface area contributed by atoms with Crippen LogP contribution in [0.25, 0.3) is 11.3 Å². The summed E-state index contributed by atoms with van der Waals surface area (Å²) in [7, 11) is 0. The van der Waals surface area contributed by atoms with E-state index in [-0.39, 0.29) is 16.3 Å². The van der Waals surface area contributed by atoms with Gasteiger partial charge in [0, 0.05) is 5.56 Å². The molecule has 0 aliphatic rings. The van der Waals surface area contributed by atoms with Crippen LogP contribution in [0, 0.1) is 0 Å². The summed E-state index contributed by atoms with van der Waals surface area (Å²) in [5.41, 5.74) is -0.372. The van der Waals surface area contributed by atoms with Crippen molar-refractivity contribution in [1.29, 1.82) is 0 Å². The van der Waals surface area contributed by atoms with Gasteiger partial charge in [-0.2, -0.15) is 13.2 Å². The maximum Gasteiger partial charge on any atom is 0.417 e. The molecule has 2 rings (SSSR count). The van der Waals surface area contributed by atoms with E-state index in [2.05, 4.69) is 22.6 Å². The summed E-state index contributed by atoms with van der Waals surface area (Å²) in [5, 5.41) is 0.247. The maximum absolute atomic E-state index is 12.7. The third-order valence-corrected chi connectivity index (χ3v) is 2.46. The lowest BCUT2D eigenvalue weighted by atomic mass is 10.0. The maximum atomic E-state index is 12.7. The average molecular weight is 244 g/mol. The first-order chi connectivity index (χ1) is 7.50. The van der Waals surface area contributed by atoms with Crippen molar-refractivity contribution < 1.29 is 13.2 Å². The Morgan fingerprint density at radius 1 is 1.19 bits per heavy atom. The molecule has 0 aliphatic carbocycles. The Balaban J connectivity index is 2.62. The van der Waals surface area contributed by atoms with E-state index in [1.165, 1.54) is 18.5 Å². The molecule has 2 nitrogen and oxygen atoms in total. The first-order valence-electron chi connectivity index (χ1n) is 4.39. The zero-order chi connectivity index (χ0) is 11.8. The van der Waals surface area contributed by atoms with E-state index in [9.17, 15) is 13.2 Å². The molecule has 6 heteroatoms. The van der Waals surface area contributed by atoms with E-state index in [0.29, 0.717) is 0 Å². The van der Waals surface area contributed by atoms with Crippen LogP contribution in [-0.4, -0.2) is 9.97 Å². The van der Waals surface area contributed by atoms with Crippen LogP contribution in [0.1, 0.15) is 5.56 Å². The molecule has 0 saturated carbocycles. The molecule has 0 bridgehead atoms. The van der Waals surface area contributed by atoms with E-state index in [1.807, 2.05) is 0 Å². The molecular weight excluding hydrogens is 237 g/mol. The second kappa shape index (κ2) is 3.86. The number of imidazole rings is 1. The van der Waals surface area contributed by atoms with Crippen LogP contribution in [0.5, 0.6) is 0 Å². The summed E-state index contributed by atoms with van der Waals surface area (Å²) in [6.07, 6.45) is -3.08. The molecule has 84 valence electrons. The molecule has 0 atom stereocenters. The van der Waals surface area contributed by atoms with Gasteiger partial charge < -0.3 is 4.98 Å². The van der Waals surface area contributed by atoms with Gasteiger partial charge in [-0.05, 0) is 6.07 Å². The molecule has 0 unspecified atom stereocenters. The number of rotatable bonds is 1. The second-order valence-electron chi connectivity index (χ2n) is 3.14. The number of H-pyrrole nitrogens is 1. The summed E-state index contributed by atoms with van der Waals surface area (Å²) in [4.78, 5) is 6.40. The van der Waals surface area contributed by atoms with Crippen LogP contribution >= 0.6 is 12.6 Å². The van der Waals surface area contributed by atoms with Gasteiger partial charge in [0.05, 0.1) is 17.6 Å². The van der Waals surface area contributed by atoms with Gasteiger partial charge in [0.1, 0.15) is 5.03 Å². The van der Waals surface area contributed by atoms with Crippen molar-refractivity contribution in [3.8, 4) is 11.3 Å². The minimum Gasteiger partial charge on any atom is -0.344 e. The molecule has 0 saturated heterocycles. The molecule has 0 amide bonds. The van der Waals surface area contributed by atoms with Gasteiger partial charge in [-0.15, -0.1) is 12.6 Å². The Morgan fingerprint density at radius 3 is 2.44 bits per heavy atom. The third kappa shape index (κ3) is 1.92. The van der Waals surface area contributed by atoms with Crippen LogP contribution in [0.3, 0.4) is 0 Å². The lowest BCUT2D eigenvalue weighted by molar-refractivity contribution is -0.137. The van der Waals surface area contributed by atoms with Crippen molar-refractivity contribution in [3.05, 3.63) is 36.2 Å². The lowest BCUT2D eigenvalue weighted by Gasteiger charge is -2.11. The Kier molecular flexibility index (Phi) is 2.67. The van der Waals surface area contributed by atoms with Gasteiger partial charge in [0.15, 0.2) is 0 Å². The summed E-state index contributed by atoms with van der Waals surface area (Å²) in [5.74, 6) is 0. The minimum atomic E-state index is -4.39. The molecule has 1 N–H and O–H groups in total. The van der Waals surface area contributed by atoms with Crippen LogP contribution in [0.15, 0.2) is 35.6 Å². The fourth-order valence-electron chi connectivity index (χ4n) is 1.43. The molecular formula is C10H7F3N2S. The van der Waals surface area contributed by atoms with Gasteiger partial charge in [-0.25, -0.2) is 4.98 Å². The first kappa shape index (κ1) is 11.1. The highest BCUT2D eigenvalue weighted by atomic mass is 32.1. The standard InChI is InChI=1S/C10H7F3N2S/c11-10(12,13)7-4-2-1-3-6(7)8-9(16)15-5-14-8/h1-5,16H,(H,14,15). The zero-order valence-electron chi connectivity index (χ0n) is 7.92. The SMILES string of the molecule is FC(F)(F)c1ccccc1-c1[nH]cnc1S. The fourth-order valence-corrected chi connectivity index (χ4v) is 1.68. The number of nitrogens with one attached hydrogen (secondary N) is 1. The number of halogens is 3. The number of hydrogen-bond donors (Lipinski definition) is 2. The van der Waals surface area contributed by atoms with E-state index in [1.54, 1.807) is 6.07 Å². The van der Waals surface area contributed by atoms with E-state index < -0.39 is 11.7 Å². The molecule has 0 fully saturated rings. The van der Waals surface area contributed by atoms with Gasteiger partial charge >= 0.3 is 6.18 Å². The number of thiol groups is 1. The number of benzene rings is 1. The molecule has 2 aromatic rings. The average Bonchev–Trinajstić information content (AvgIpc) is 2.63. The topological polar surface area (TPSA) is 28.7 Å². The number of hydrogen-bond acceptors (Lipinski definition) is 2. The first-order valence-corrected chi connectivity index (χ1v) is 4.84. The Morgan fingerprint density at radius 2 is 1.88 bits per heavy atom. The van der Waals surface area contributed by atoms with Gasteiger partial charge in [-0.1, -0.05) is 18.2 Å². The molecule has 1 heterocycles. The summed E-state index contributed by atoms with van der Waals surface area (Å²) < 4.78 is 38.1. The minimum absolute atomic E-state index is 0.0532. The highest BCUT2D eigenvalue weighted by molar-refractivity contribution is 7.80. The van der Waals surface area contributed by atoms with Crippen molar-refractivity contribution in [3.63, 3.8) is 0 Å². The monoisotopic (exact) mass is 244 g/mol.